The summed E-state index contributed by atoms with van der Waals surface area (Å²) in [7, 11) is 0. The Bertz CT molecular complexity index is 87.5. The summed E-state index contributed by atoms with van der Waals surface area (Å²) in [5.74, 6) is -1.12. The molecule has 0 saturated heterocycles. The van der Waals surface area contributed by atoms with E-state index in [4.69, 9.17) is 0 Å². The van der Waals surface area contributed by atoms with Crippen LogP contribution in [0.4, 0.5) is 0 Å². The molecule has 4 heteroatoms. The first-order chi connectivity index (χ1) is 3.13. The second-order valence-corrected chi connectivity index (χ2v) is 1.09. The average molecular weight is 157 g/mol. The van der Waals surface area contributed by atoms with Gasteiger partial charge >= 0.3 is 29.0 Å². The molecule has 0 atom stereocenters. The summed E-state index contributed by atoms with van der Waals surface area (Å²) in [6.45, 7) is 2.36. The van der Waals surface area contributed by atoms with Crippen LogP contribution in [0.5, 0.6) is 0 Å². The summed E-state index contributed by atoms with van der Waals surface area (Å²) in [6, 6.07) is 0. The van der Waals surface area contributed by atoms with Crippen LogP contribution in [0.1, 0.15) is 13.8 Å². The summed E-state index contributed by atoms with van der Waals surface area (Å²) < 4.78 is 3.97. The molecule has 0 aromatic rings. The van der Waals surface area contributed by atoms with Crippen LogP contribution in [0.25, 0.3) is 0 Å². The average Bonchev–Trinajstić information content (AvgIpc) is 1.27. The molecule has 44 valence electrons. The number of rotatable bonds is 0. The number of hydrogen-bond acceptors (Lipinski definition) is 3. The molecule has 0 spiro atoms. The summed E-state index contributed by atoms with van der Waals surface area (Å²) in [5, 5.41) is 0. The predicted molar refractivity (Wildman–Crippen MR) is 22.4 cm³/mol. The molecule has 0 unspecified atom stereocenters. The maximum atomic E-state index is 9.81. The fourth-order valence-electron chi connectivity index (χ4n) is 0.202. The zero-order valence-corrected chi connectivity index (χ0v) is 5.78. The van der Waals surface area contributed by atoms with Gasteiger partial charge in [0.25, 0.3) is 0 Å². The molecular weight excluding hydrogens is 151 g/mol. The van der Waals surface area contributed by atoms with Gasteiger partial charge < -0.3 is 4.74 Å². The Hall–Kier alpha value is -0.341. The van der Waals surface area contributed by atoms with Crippen LogP contribution in [0.3, 0.4) is 0 Å². The Balaban J connectivity index is 0. The molecule has 0 bridgehead atoms. The third-order valence-electron chi connectivity index (χ3n) is 0.287. The van der Waals surface area contributed by atoms with E-state index in [0.717, 1.165) is 0 Å². The molecule has 8 heavy (non-hydrogen) atoms. The molecular formula is C4H6MnO3+3. The van der Waals surface area contributed by atoms with E-state index < -0.39 is 11.9 Å². The van der Waals surface area contributed by atoms with Crippen LogP contribution in [0.15, 0.2) is 0 Å². The Morgan fingerprint density at radius 2 is 1.38 bits per heavy atom. The van der Waals surface area contributed by atoms with Gasteiger partial charge in [-0.2, -0.15) is 0 Å². The van der Waals surface area contributed by atoms with Crippen LogP contribution >= 0.6 is 0 Å². The zero-order valence-electron chi connectivity index (χ0n) is 4.60. The van der Waals surface area contributed by atoms with Crippen LogP contribution < -0.4 is 0 Å². The van der Waals surface area contributed by atoms with Gasteiger partial charge in [-0.25, -0.2) is 0 Å². The van der Waals surface area contributed by atoms with Crippen molar-refractivity contribution in [2.24, 2.45) is 0 Å². The van der Waals surface area contributed by atoms with Crippen molar-refractivity contribution < 1.29 is 31.4 Å². The van der Waals surface area contributed by atoms with Gasteiger partial charge in [-0.15, -0.1) is 0 Å². The van der Waals surface area contributed by atoms with Crippen molar-refractivity contribution in [3.8, 4) is 0 Å². The summed E-state index contributed by atoms with van der Waals surface area (Å²) in [6.07, 6.45) is 0. The fourth-order valence-corrected chi connectivity index (χ4v) is 0.202. The quantitative estimate of drug-likeness (QED) is 0.284. The van der Waals surface area contributed by atoms with Crippen molar-refractivity contribution in [3.05, 3.63) is 0 Å². The summed E-state index contributed by atoms with van der Waals surface area (Å²) in [5.41, 5.74) is 0. The van der Waals surface area contributed by atoms with Crippen molar-refractivity contribution in [1.29, 1.82) is 0 Å². The molecule has 0 aromatic heterocycles. The van der Waals surface area contributed by atoms with E-state index in [2.05, 4.69) is 4.74 Å². The fraction of sp³-hybridized carbons (Fsp3) is 0.500. The van der Waals surface area contributed by atoms with Crippen LogP contribution in [-0.2, 0) is 31.4 Å². The first-order valence-corrected chi connectivity index (χ1v) is 1.82. The molecule has 0 aromatic carbocycles. The van der Waals surface area contributed by atoms with Gasteiger partial charge in [0.2, 0.25) is 0 Å². The number of hydrogen-bond donors (Lipinski definition) is 0. The van der Waals surface area contributed by atoms with E-state index in [1.165, 1.54) is 13.8 Å². The smallest absolute Gasteiger partial charge is 0.394 e. The van der Waals surface area contributed by atoms with Gasteiger partial charge in [-0.05, 0) is 0 Å². The van der Waals surface area contributed by atoms with Crippen molar-refractivity contribution >= 4 is 11.9 Å². The second-order valence-electron chi connectivity index (χ2n) is 1.09. The number of ether oxygens (including phenoxy) is 1. The molecule has 0 aliphatic rings. The second kappa shape index (κ2) is 4.81. The zero-order chi connectivity index (χ0) is 5.86. The number of carbonyl (C=O) groups is 2. The van der Waals surface area contributed by atoms with Crippen molar-refractivity contribution in [2.45, 2.75) is 13.8 Å². The molecule has 0 saturated carbocycles. The molecule has 0 radical (unpaired) electrons. The largest absolute Gasteiger partial charge is 3.00 e. The SMILES string of the molecule is CC(=O)OC(C)=O.[Mn+3]. The van der Waals surface area contributed by atoms with Crippen molar-refractivity contribution in [3.63, 3.8) is 0 Å². The van der Waals surface area contributed by atoms with E-state index in [1.54, 1.807) is 0 Å². The number of esters is 2. The third kappa shape index (κ3) is 9.18. The van der Waals surface area contributed by atoms with Gasteiger partial charge in [-0.1, -0.05) is 0 Å². The van der Waals surface area contributed by atoms with E-state index in [-0.39, 0.29) is 17.1 Å². The topological polar surface area (TPSA) is 43.4 Å². The monoisotopic (exact) mass is 157 g/mol. The predicted octanol–water partition coefficient (Wildman–Crippen LogP) is 0.0935. The molecule has 0 heterocycles. The maximum absolute atomic E-state index is 9.81. The van der Waals surface area contributed by atoms with Gasteiger partial charge in [0, 0.05) is 13.8 Å². The maximum Gasteiger partial charge on any atom is 3.00 e. The van der Waals surface area contributed by atoms with Gasteiger partial charge in [0.1, 0.15) is 0 Å². The normalized spacial score (nSPS) is 6.75. The van der Waals surface area contributed by atoms with Crippen molar-refractivity contribution in [1.82, 2.24) is 0 Å². The first kappa shape index (κ1) is 10.6. The Morgan fingerprint density at radius 1 is 1.12 bits per heavy atom. The Labute approximate surface area is 57.9 Å². The molecule has 3 nitrogen and oxygen atoms in total. The van der Waals surface area contributed by atoms with E-state index >= 15 is 0 Å². The third-order valence-corrected chi connectivity index (χ3v) is 0.287. The number of carbonyl (C=O) groups excluding carboxylic acids is 2. The molecule has 0 aliphatic carbocycles. The molecule has 0 rings (SSSR count). The van der Waals surface area contributed by atoms with E-state index in [9.17, 15) is 9.59 Å². The van der Waals surface area contributed by atoms with E-state index in [0.29, 0.717) is 0 Å². The summed E-state index contributed by atoms with van der Waals surface area (Å²) in [4.78, 5) is 19.6. The minimum atomic E-state index is -0.562. The van der Waals surface area contributed by atoms with Gasteiger partial charge in [0.05, 0.1) is 0 Å². The standard InChI is InChI=1S/C4H6O3.Mn/c1-3(5)7-4(2)6;/h1-2H3;/q;+3. The minimum Gasteiger partial charge on any atom is -0.394 e. The molecule has 0 aliphatic heterocycles. The first-order valence-electron chi connectivity index (χ1n) is 1.82. The Morgan fingerprint density at radius 3 is 1.38 bits per heavy atom. The van der Waals surface area contributed by atoms with Crippen LogP contribution in [-0.4, -0.2) is 11.9 Å². The van der Waals surface area contributed by atoms with E-state index in [1.807, 2.05) is 0 Å². The van der Waals surface area contributed by atoms with Gasteiger partial charge in [0.15, 0.2) is 0 Å². The minimum absolute atomic E-state index is 0. The molecule has 0 N–H and O–H groups in total. The van der Waals surface area contributed by atoms with Gasteiger partial charge in [-0.3, -0.25) is 9.59 Å². The van der Waals surface area contributed by atoms with Crippen LogP contribution in [0.2, 0.25) is 0 Å². The van der Waals surface area contributed by atoms with Crippen molar-refractivity contribution in [2.75, 3.05) is 0 Å². The summed E-state index contributed by atoms with van der Waals surface area (Å²) >= 11 is 0. The Kier molecular flexibility index (Phi) is 6.38. The van der Waals surface area contributed by atoms with Crippen LogP contribution in [0, 0.1) is 0 Å². The molecule has 0 amide bonds. The molecule has 0 fully saturated rings.